The van der Waals surface area contributed by atoms with Gasteiger partial charge in [-0.1, -0.05) is 17.7 Å². The maximum atomic E-state index is 12.7. The van der Waals surface area contributed by atoms with Crippen LogP contribution in [0.25, 0.3) is 0 Å². The summed E-state index contributed by atoms with van der Waals surface area (Å²) in [6, 6.07) is 8.07. The van der Waals surface area contributed by atoms with Gasteiger partial charge in [0.15, 0.2) is 0 Å². The van der Waals surface area contributed by atoms with Gasteiger partial charge in [0, 0.05) is 37.3 Å². The Hall–Kier alpha value is -2.41. The standard InChI is InChI=1S/C22H29N3O4/c1-14-2-6-18(7-3-14)25-12-16(8-20(25)26)22(29)23-17-9-19(10-17)24(13-21(27)28)11-15-4-5-15/h2-3,6-7,15-17,19H,4-5,8-13H2,1H3,(H,23,29)(H,27,28). The number of aryl methyl sites for hydroxylation is 1. The predicted molar refractivity (Wildman–Crippen MR) is 109 cm³/mol. The van der Waals surface area contributed by atoms with E-state index in [9.17, 15) is 14.4 Å². The lowest BCUT2D eigenvalue weighted by Gasteiger charge is -2.43. The van der Waals surface area contributed by atoms with E-state index in [2.05, 4.69) is 10.2 Å². The molecule has 2 aliphatic carbocycles. The van der Waals surface area contributed by atoms with E-state index in [1.165, 1.54) is 12.8 Å². The van der Waals surface area contributed by atoms with Crippen LogP contribution in [0, 0.1) is 18.8 Å². The zero-order valence-corrected chi connectivity index (χ0v) is 16.8. The highest BCUT2D eigenvalue weighted by Gasteiger charge is 2.40. The van der Waals surface area contributed by atoms with Crippen LogP contribution in [0.2, 0.25) is 0 Å². The molecule has 3 fully saturated rings. The lowest BCUT2D eigenvalue weighted by molar-refractivity contribution is -0.140. The molecule has 0 spiro atoms. The van der Waals surface area contributed by atoms with E-state index in [-0.39, 0.29) is 42.8 Å². The number of carbonyl (C=O) groups is 3. The second-order valence-corrected chi connectivity index (χ2v) is 8.84. The van der Waals surface area contributed by atoms with Gasteiger partial charge in [-0.2, -0.15) is 0 Å². The Morgan fingerprint density at radius 3 is 2.52 bits per heavy atom. The van der Waals surface area contributed by atoms with Crippen LogP contribution in [0.3, 0.4) is 0 Å². The molecule has 7 heteroatoms. The van der Waals surface area contributed by atoms with E-state index in [0.717, 1.165) is 30.6 Å². The Labute approximate surface area is 171 Å². The molecular formula is C22H29N3O4. The molecule has 2 saturated carbocycles. The Bertz CT molecular complexity index is 784. The largest absolute Gasteiger partial charge is 0.480 e. The summed E-state index contributed by atoms with van der Waals surface area (Å²) in [5, 5.41) is 12.2. The van der Waals surface area contributed by atoms with Crippen molar-refractivity contribution < 1.29 is 19.5 Å². The third-order valence-corrected chi connectivity index (χ3v) is 6.35. The van der Waals surface area contributed by atoms with Crippen molar-refractivity contribution in [3.63, 3.8) is 0 Å². The molecule has 4 rings (SSSR count). The summed E-state index contributed by atoms with van der Waals surface area (Å²) >= 11 is 0. The number of nitrogens with one attached hydrogen (secondary N) is 1. The lowest BCUT2D eigenvalue weighted by Crippen LogP contribution is -2.56. The molecule has 1 heterocycles. The van der Waals surface area contributed by atoms with Crippen LogP contribution in [-0.2, 0) is 14.4 Å². The van der Waals surface area contributed by atoms with E-state index in [0.29, 0.717) is 12.5 Å². The maximum Gasteiger partial charge on any atom is 0.317 e. The van der Waals surface area contributed by atoms with Gasteiger partial charge >= 0.3 is 5.97 Å². The van der Waals surface area contributed by atoms with Crippen molar-refractivity contribution in [1.82, 2.24) is 10.2 Å². The molecule has 0 radical (unpaired) electrons. The van der Waals surface area contributed by atoms with E-state index in [4.69, 9.17) is 5.11 Å². The first kappa shape index (κ1) is 19.9. The molecule has 1 aromatic rings. The summed E-state index contributed by atoms with van der Waals surface area (Å²) in [4.78, 5) is 39.9. The predicted octanol–water partition coefficient (Wildman–Crippen LogP) is 1.79. The van der Waals surface area contributed by atoms with Crippen LogP contribution in [0.1, 0.15) is 37.7 Å². The van der Waals surface area contributed by atoms with Gasteiger partial charge in [0.25, 0.3) is 0 Å². The molecule has 0 aromatic heterocycles. The first-order chi connectivity index (χ1) is 13.9. The average Bonchev–Trinajstić information content (AvgIpc) is 3.36. The minimum absolute atomic E-state index is 0.0162. The monoisotopic (exact) mass is 399 g/mol. The molecule has 1 aromatic carbocycles. The van der Waals surface area contributed by atoms with Crippen molar-refractivity contribution in [2.75, 3.05) is 24.5 Å². The van der Waals surface area contributed by atoms with Crippen LogP contribution in [0.5, 0.6) is 0 Å². The second-order valence-electron chi connectivity index (χ2n) is 8.84. The number of benzene rings is 1. The Balaban J connectivity index is 1.26. The number of hydrogen-bond donors (Lipinski definition) is 2. The highest BCUT2D eigenvalue weighted by atomic mass is 16.4. The summed E-state index contributed by atoms with van der Waals surface area (Å²) in [7, 11) is 0. The van der Waals surface area contributed by atoms with Gasteiger partial charge in [-0.3, -0.25) is 19.3 Å². The molecular weight excluding hydrogens is 370 g/mol. The Morgan fingerprint density at radius 2 is 1.90 bits per heavy atom. The summed E-state index contributed by atoms with van der Waals surface area (Å²) in [5.41, 5.74) is 1.97. The fourth-order valence-corrected chi connectivity index (χ4v) is 4.33. The van der Waals surface area contributed by atoms with E-state index in [1.54, 1.807) is 4.90 Å². The molecule has 3 aliphatic rings. The molecule has 2 N–H and O–H groups in total. The van der Waals surface area contributed by atoms with Crippen LogP contribution in [-0.4, -0.2) is 59.5 Å². The molecule has 29 heavy (non-hydrogen) atoms. The fourth-order valence-electron chi connectivity index (χ4n) is 4.33. The molecule has 2 amide bonds. The normalized spacial score (nSPS) is 26.5. The van der Waals surface area contributed by atoms with Gasteiger partial charge in [-0.25, -0.2) is 0 Å². The lowest BCUT2D eigenvalue weighted by atomic mass is 9.84. The minimum Gasteiger partial charge on any atom is -0.480 e. The van der Waals surface area contributed by atoms with Gasteiger partial charge < -0.3 is 15.3 Å². The maximum absolute atomic E-state index is 12.7. The number of aliphatic carboxylic acids is 1. The van der Waals surface area contributed by atoms with Gasteiger partial charge in [0.1, 0.15) is 0 Å². The number of carboxylic acids is 1. The minimum atomic E-state index is -0.793. The number of anilines is 1. The number of nitrogens with zero attached hydrogens (tertiary/aromatic N) is 2. The smallest absolute Gasteiger partial charge is 0.317 e. The molecule has 1 unspecified atom stereocenters. The zero-order valence-electron chi connectivity index (χ0n) is 16.8. The van der Waals surface area contributed by atoms with Gasteiger partial charge in [0.2, 0.25) is 11.8 Å². The summed E-state index contributed by atoms with van der Waals surface area (Å²) < 4.78 is 0. The fraction of sp³-hybridized carbons (Fsp3) is 0.591. The van der Waals surface area contributed by atoms with Crippen molar-refractivity contribution in [3.8, 4) is 0 Å². The Kier molecular flexibility index (Phi) is 5.58. The van der Waals surface area contributed by atoms with E-state index >= 15 is 0 Å². The van der Waals surface area contributed by atoms with E-state index < -0.39 is 5.97 Å². The number of rotatable bonds is 8. The number of carboxylic acid groups (broad SMARTS) is 1. The topological polar surface area (TPSA) is 90.0 Å². The SMILES string of the molecule is Cc1ccc(N2CC(C(=O)NC3CC(N(CC(=O)O)CC4CC4)C3)CC2=O)cc1. The van der Waals surface area contributed by atoms with Crippen molar-refractivity contribution in [1.29, 1.82) is 0 Å². The zero-order chi connectivity index (χ0) is 20.5. The highest BCUT2D eigenvalue weighted by molar-refractivity contribution is 6.00. The van der Waals surface area contributed by atoms with Crippen LogP contribution >= 0.6 is 0 Å². The Morgan fingerprint density at radius 1 is 1.21 bits per heavy atom. The van der Waals surface area contributed by atoms with Gasteiger partial charge in [-0.15, -0.1) is 0 Å². The highest BCUT2D eigenvalue weighted by Crippen LogP contribution is 2.34. The second kappa shape index (κ2) is 8.14. The van der Waals surface area contributed by atoms with Crippen molar-refractivity contribution in [3.05, 3.63) is 29.8 Å². The molecule has 1 aliphatic heterocycles. The van der Waals surface area contributed by atoms with Crippen LogP contribution in [0.4, 0.5) is 5.69 Å². The van der Waals surface area contributed by atoms with Crippen LogP contribution < -0.4 is 10.2 Å². The molecule has 7 nitrogen and oxygen atoms in total. The first-order valence-electron chi connectivity index (χ1n) is 10.5. The number of amides is 2. The molecule has 1 saturated heterocycles. The van der Waals surface area contributed by atoms with Crippen molar-refractivity contribution in [2.24, 2.45) is 11.8 Å². The quantitative estimate of drug-likeness (QED) is 0.696. The van der Waals surface area contributed by atoms with Crippen molar-refractivity contribution >= 4 is 23.5 Å². The molecule has 156 valence electrons. The van der Waals surface area contributed by atoms with Crippen LogP contribution in [0.15, 0.2) is 24.3 Å². The van der Waals surface area contributed by atoms with Gasteiger partial charge in [-0.05, 0) is 50.7 Å². The van der Waals surface area contributed by atoms with Crippen molar-refractivity contribution in [2.45, 2.75) is 51.1 Å². The summed E-state index contributed by atoms with van der Waals surface area (Å²) in [5.74, 6) is -0.565. The summed E-state index contributed by atoms with van der Waals surface area (Å²) in [6.45, 7) is 3.33. The molecule has 1 atom stereocenters. The number of hydrogen-bond acceptors (Lipinski definition) is 4. The number of carbonyl (C=O) groups excluding carboxylic acids is 2. The third-order valence-electron chi connectivity index (χ3n) is 6.35. The van der Waals surface area contributed by atoms with Gasteiger partial charge in [0.05, 0.1) is 12.5 Å². The third kappa shape index (κ3) is 4.78. The summed E-state index contributed by atoms with van der Waals surface area (Å²) in [6.07, 6.45) is 4.19. The first-order valence-corrected chi connectivity index (χ1v) is 10.5. The van der Waals surface area contributed by atoms with E-state index in [1.807, 2.05) is 31.2 Å². The average molecular weight is 399 g/mol. The molecule has 0 bridgehead atoms.